The molecule has 1 N–H and O–H groups in total. The van der Waals surface area contributed by atoms with Gasteiger partial charge in [0.05, 0.1) is 4.92 Å². The first kappa shape index (κ1) is 17.1. The molecule has 0 aliphatic heterocycles. The largest absolute Gasteiger partial charge is 0.460 e. The number of nitrogens with one attached hydrogen (secondary N) is 1. The third-order valence-corrected chi connectivity index (χ3v) is 3.31. The molecule has 124 valence electrons. The number of nitro benzene ring substituents is 1. The molecule has 0 aliphatic rings. The summed E-state index contributed by atoms with van der Waals surface area (Å²) >= 11 is 0. The van der Waals surface area contributed by atoms with Crippen LogP contribution in [-0.2, 0) is 16.1 Å². The van der Waals surface area contributed by atoms with Gasteiger partial charge in [-0.05, 0) is 18.1 Å². The van der Waals surface area contributed by atoms with Crippen LogP contribution in [-0.4, -0.2) is 23.3 Å². The van der Waals surface area contributed by atoms with E-state index < -0.39 is 16.8 Å². The quantitative estimate of drug-likeness (QED) is 0.499. The van der Waals surface area contributed by atoms with Crippen molar-refractivity contribution in [1.82, 2.24) is 5.32 Å². The summed E-state index contributed by atoms with van der Waals surface area (Å²) in [4.78, 5) is 33.9. The summed E-state index contributed by atoms with van der Waals surface area (Å²) in [6.45, 7) is 1.46. The molecule has 0 radical (unpaired) electrons. The molecule has 0 saturated heterocycles. The average molecular weight is 328 g/mol. The van der Waals surface area contributed by atoms with E-state index in [9.17, 15) is 19.7 Å². The Morgan fingerprint density at radius 2 is 1.88 bits per heavy atom. The second kappa shape index (κ2) is 7.87. The van der Waals surface area contributed by atoms with Crippen molar-refractivity contribution in [3.05, 3.63) is 75.3 Å². The molecule has 0 atom stereocenters. The van der Waals surface area contributed by atoms with Crippen molar-refractivity contribution in [3.8, 4) is 0 Å². The van der Waals surface area contributed by atoms with Crippen LogP contribution in [0.5, 0.6) is 0 Å². The normalized spacial score (nSPS) is 10.0. The van der Waals surface area contributed by atoms with Crippen molar-refractivity contribution in [2.75, 3.05) is 6.54 Å². The van der Waals surface area contributed by atoms with Crippen LogP contribution in [0.1, 0.15) is 21.5 Å². The van der Waals surface area contributed by atoms with Crippen molar-refractivity contribution in [2.45, 2.75) is 13.5 Å². The number of ether oxygens (including phenoxy) is 1. The third kappa shape index (κ3) is 4.64. The van der Waals surface area contributed by atoms with Crippen molar-refractivity contribution in [2.24, 2.45) is 0 Å². The number of hydrogen-bond donors (Lipinski definition) is 1. The summed E-state index contributed by atoms with van der Waals surface area (Å²) in [5.41, 5.74) is 1.39. The molecule has 0 aromatic heterocycles. The molecule has 0 aliphatic carbocycles. The lowest BCUT2D eigenvalue weighted by Crippen LogP contribution is -2.31. The lowest BCUT2D eigenvalue weighted by molar-refractivity contribution is -0.384. The Balaban J connectivity index is 1.89. The molecule has 2 aromatic carbocycles. The first-order valence-electron chi connectivity index (χ1n) is 7.20. The van der Waals surface area contributed by atoms with Crippen LogP contribution in [0.2, 0.25) is 0 Å². The van der Waals surface area contributed by atoms with Crippen LogP contribution >= 0.6 is 0 Å². The van der Waals surface area contributed by atoms with Gasteiger partial charge in [0.1, 0.15) is 13.2 Å². The first-order chi connectivity index (χ1) is 11.5. The fraction of sp³-hybridized carbons (Fsp3) is 0.176. The van der Waals surface area contributed by atoms with E-state index in [1.165, 1.54) is 18.2 Å². The molecule has 0 spiro atoms. The van der Waals surface area contributed by atoms with Gasteiger partial charge in [-0.2, -0.15) is 0 Å². The highest BCUT2D eigenvalue weighted by atomic mass is 16.6. The first-order valence-corrected chi connectivity index (χ1v) is 7.20. The molecule has 0 fully saturated rings. The van der Waals surface area contributed by atoms with Gasteiger partial charge in [0.2, 0.25) is 0 Å². The molecule has 7 heteroatoms. The molecule has 0 bridgehead atoms. The number of rotatable bonds is 6. The van der Waals surface area contributed by atoms with E-state index in [1.807, 2.05) is 30.3 Å². The van der Waals surface area contributed by atoms with Crippen LogP contribution in [0.4, 0.5) is 5.69 Å². The van der Waals surface area contributed by atoms with E-state index in [2.05, 4.69) is 5.32 Å². The molecular formula is C17H16N2O5. The van der Waals surface area contributed by atoms with Gasteiger partial charge in [-0.1, -0.05) is 36.4 Å². The van der Waals surface area contributed by atoms with E-state index in [0.717, 1.165) is 5.56 Å². The Morgan fingerprint density at radius 1 is 1.17 bits per heavy atom. The Bertz CT molecular complexity index is 759. The minimum atomic E-state index is -0.588. The highest BCUT2D eigenvalue weighted by Crippen LogP contribution is 2.17. The Morgan fingerprint density at radius 3 is 2.54 bits per heavy atom. The number of carbonyl (C=O) groups excluding carboxylic acids is 2. The van der Waals surface area contributed by atoms with E-state index >= 15 is 0 Å². The maximum absolute atomic E-state index is 12.1. The number of esters is 1. The highest BCUT2D eigenvalue weighted by molar-refractivity contribution is 5.97. The second-order valence-electron chi connectivity index (χ2n) is 5.09. The molecular weight excluding hydrogens is 312 g/mol. The van der Waals surface area contributed by atoms with Crippen molar-refractivity contribution in [3.63, 3.8) is 0 Å². The Kier molecular flexibility index (Phi) is 5.62. The third-order valence-electron chi connectivity index (χ3n) is 3.31. The fourth-order valence-electron chi connectivity index (χ4n) is 2.00. The molecule has 24 heavy (non-hydrogen) atoms. The standard InChI is InChI=1S/C17H16N2O5/c1-12-7-8-14(19(22)23)9-15(12)17(21)18-10-16(20)24-11-13-5-3-2-4-6-13/h2-9H,10-11H2,1H3,(H,18,21). The number of nitrogens with zero attached hydrogens (tertiary/aromatic N) is 1. The number of benzene rings is 2. The van der Waals surface area contributed by atoms with Gasteiger partial charge >= 0.3 is 5.97 Å². The van der Waals surface area contributed by atoms with Gasteiger partial charge in [0, 0.05) is 17.7 Å². The number of non-ortho nitro benzene ring substituents is 1. The smallest absolute Gasteiger partial charge is 0.325 e. The summed E-state index contributed by atoms with van der Waals surface area (Å²) < 4.78 is 5.04. The molecule has 2 rings (SSSR count). The molecule has 0 heterocycles. The maximum Gasteiger partial charge on any atom is 0.325 e. The topological polar surface area (TPSA) is 98.5 Å². The Labute approximate surface area is 138 Å². The predicted octanol–water partition coefficient (Wildman–Crippen LogP) is 2.38. The summed E-state index contributed by atoms with van der Waals surface area (Å²) in [6.07, 6.45) is 0. The average Bonchev–Trinajstić information content (AvgIpc) is 2.59. The van der Waals surface area contributed by atoms with Gasteiger partial charge in [-0.25, -0.2) is 0 Å². The minimum absolute atomic E-state index is 0.116. The fourth-order valence-corrected chi connectivity index (χ4v) is 2.00. The van der Waals surface area contributed by atoms with Gasteiger partial charge in [0.25, 0.3) is 11.6 Å². The zero-order chi connectivity index (χ0) is 17.5. The van der Waals surface area contributed by atoms with Gasteiger partial charge in [-0.3, -0.25) is 19.7 Å². The minimum Gasteiger partial charge on any atom is -0.460 e. The monoisotopic (exact) mass is 328 g/mol. The zero-order valence-electron chi connectivity index (χ0n) is 13.0. The summed E-state index contributed by atoms with van der Waals surface area (Å²) in [5, 5.41) is 13.2. The van der Waals surface area contributed by atoms with Crippen LogP contribution in [0.3, 0.4) is 0 Å². The van der Waals surface area contributed by atoms with Crippen LogP contribution < -0.4 is 5.32 Å². The molecule has 0 saturated carbocycles. The predicted molar refractivity (Wildman–Crippen MR) is 86.4 cm³/mol. The molecule has 2 aromatic rings. The summed E-state index contributed by atoms with van der Waals surface area (Å²) in [7, 11) is 0. The van der Waals surface area contributed by atoms with Gasteiger partial charge in [0.15, 0.2) is 0 Å². The number of amides is 1. The molecule has 7 nitrogen and oxygen atoms in total. The van der Waals surface area contributed by atoms with Crippen LogP contribution in [0, 0.1) is 17.0 Å². The van der Waals surface area contributed by atoms with Crippen molar-refractivity contribution >= 4 is 17.6 Å². The van der Waals surface area contributed by atoms with Crippen LogP contribution in [0.25, 0.3) is 0 Å². The Hall–Kier alpha value is -3.22. The van der Waals surface area contributed by atoms with Crippen molar-refractivity contribution < 1.29 is 19.2 Å². The number of hydrogen-bond acceptors (Lipinski definition) is 5. The van der Waals surface area contributed by atoms with Crippen LogP contribution in [0.15, 0.2) is 48.5 Å². The summed E-state index contributed by atoms with van der Waals surface area (Å²) in [5.74, 6) is -1.15. The maximum atomic E-state index is 12.1. The molecule has 1 amide bonds. The van der Waals surface area contributed by atoms with E-state index in [1.54, 1.807) is 6.92 Å². The lowest BCUT2D eigenvalue weighted by Gasteiger charge is -2.08. The van der Waals surface area contributed by atoms with E-state index in [-0.39, 0.29) is 24.4 Å². The highest BCUT2D eigenvalue weighted by Gasteiger charge is 2.15. The zero-order valence-corrected chi connectivity index (χ0v) is 13.0. The van der Waals surface area contributed by atoms with Crippen molar-refractivity contribution in [1.29, 1.82) is 0 Å². The van der Waals surface area contributed by atoms with E-state index in [4.69, 9.17) is 4.74 Å². The molecule has 0 unspecified atom stereocenters. The number of aryl methyl sites for hydroxylation is 1. The van der Waals surface area contributed by atoms with Gasteiger partial charge < -0.3 is 10.1 Å². The van der Waals surface area contributed by atoms with Gasteiger partial charge in [-0.15, -0.1) is 0 Å². The lowest BCUT2D eigenvalue weighted by atomic mass is 10.1. The van der Waals surface area contributed by atoms with E-state index in [0.29, 0.717) is 5.56 Å². The second-order valence-corrected chi connectivity index (χ2v) is 5.09. The SMILES string of the molecule is Cc1ccc([N+](=O)[O-])cc1C(=O)NCC(=O)OCc1ccccc1. The summed E-state index contributed by atoms with van der Waals surface area (Å²) in [6, 6.07) is 13.1. The number of carbonyl (C=O) groups is 2. The number of nitro groups is 1.